The number of ether oxygens (including phenoxy) is 1. The molecule has 1 aliphatic rings. The van der Waals surface area contributed by atoms with Crippen molar-refractivity contribution in [2.24, 2.45) is 0 Å². The van der Waals surface area contributed by atoms with E-state index >= 15 is 0 Å². The van der Waals surface area contributed by atoms with Crippen LogP contribution in [0.1, 0.15) is 46.4 Å². The van der Waals surface area contributed by atoms with Crippen molar-refractivity contribution in [1.82, 2.24) is 0 Å². The van der Waals surface area contributed by atoms with E-state index in [0.717, 1.165) is 15.8 Å². The monoisotopic (exact) mass is 346 g/mol. The maximum atomic E-state index is 10.4. The Balaban J connectivity index is 2.03. The molecule has 0 saturated heterocycles. The third-order valence-electron chi connectivity index (χ3n) is 4.10. The summed E-state index contributed by atoms with van der Waals surface area (Å²) in [6, 6.07) is 10.1. The van der Waals surface area contributed by atoms with E-state index in [4.69, 9.17) is 4.74 Å². The van der Waals surface area contributed by atoms with Crippen LogP contribution >= 0.6 is 15.9 Å². The van der Waals surface area contributed by atoms with Gasteiger partial charge in [0.2, 0.25) is 0 Å². The van der Waals surface area contributed by atoms with Gasteiger partial charge in [-0.1, -0.05) is 39.7 Å². The van der Waals surface area contributed by atoms with Crippen LogP contribution in [0.3, 0.4) is 0 Å². The molecule has 110 valence electrons. The van der Waals surface area contributed by atoms with Gasteiger partial charge in [-0.05, 0) is 49.6 Å². The Morgan fingerprint density at radius 1 is 1.10 bits per heavy atom. The second-order valence-electron chi connectivity index (χ2n) is 5.85. The zero-order chi connectivity index (χ0) is 15.1. The summed E-state index contributed by atoms with van der Waals surface area (Å²) in [5.74, 6) is 0.771. The van der Waals surface area contributed by atoms with Crippen LogP contribution in [-0.4, -0.2) is 5.11 Å². The van der Waals surface area contributed by atoms with E-state index in [0.29, 0.717) is 6.42 Å². The number of hydrogen-bond acceptors (Lipinski definition) is 2. The van der Waals surface area contributed by atoms with Gasteiger partial charge in [-0.3, -0.25) is 0 Å². The van der Waals surface area contributed by atoms with Gasteiger partial charge in [0.05, 0.1) is 6.10 Å². The molecular weight excluding hydrogens is 328 g/mol. The van der Waals surface area contributed by atoms with Crippen LogP contribution in [0.4, 0.5) is 0 Å². The summed E-state index contributed by atoms with van der Waals surface area (Å²) in [6.45, 7) is 6.33. The number of aryl methyl sites for hydroxylation is 3. The first-order chi connectivity index (χ1) is 9.95. The predicted molar refractivity (Wildman–Crippen MR) is 87.7 cm³/mol. The first-order valence-electron chi connectivity index (χ1n) is 7.17. The smallest absolute Gasteiger partial charge is 0.127 e. The molecular formula is C18H19BrO2. The summed E-state index contributed by atoms with van der Waals surface area (Å²) >= 11 is 3.46. The number of aliphatic hydroxyl groups is 1. The van der Waals surface area contributed by atoms with Crippen molar-refractivity contribution < 1.29 is 9.84 Å². The third kappa shape index (κ3) is 2.72. The van der Waals surface area contributed by atoms with Crippen molar-refractivity contribution in [3.63, 3.8) is 0 Å². The Kier molecular flexibility index (Phi) is 3.80. The number of hydrogen-bond donors (Lipinski definition) is 1. The summed E-state index contributed by atoms with van der Waals surface area (Å²) in [4.78, 5) is 0. The summed E-state index contributed by atoms with van der Waals surface area (Å²) in [5.41, 5.74) is 5.78. The maximum absolute atomic E-state index is 10.4. The summed E-state index contributed by atoms with van der Waals surface area (Å²) < 4.78 is 7.15. The zero-order valence-electron chi connectivity index (χ0n) is 12.5. The molecule has 2 aromatic rings. The largest absolute Gasteiger partial charge is 0.485 e. The van der Waals surface area contributed by atoms with Gasteiger partial charge in [-0.15, -0.1) is 0 Å². The predicted octanol–water partition coefficient (Wildman–Crippen LogP) is 4.93. The lowest BCUT2D eigenvalue weighted by Crippen LogP contribution is -2.20. The highest BCUT2D eigenvalue weighted by atomic mass is 79.9. The molecule has 0 radical (unpaired) electrons. The Morgan fingerprint density at radius 3 is 2.43 bits per heavy atom. The topological polar surface area (TPSA) is 29.5 Å². The van der Waals surface area contributed by atoms with Crippen molar-refractivity contribution in [3.05, 3.63) is 62.6 Å². The molecule has 0 fully saturated rings. The minimum absolute atomic E-state index is 0.0950. The van der Waals surface area contributed by atoms with Crippen molar-refractivity contribution in [2.75, 3.05) is 0 Å². The molecule has 1 unspecified atom stereocenters. The quantitative estimate of drug-likeness (QED) is 0.792. The van der Waals surface area contributed by atoms with Crippen LogP contribution in [0.15, 0.2) is 34.8 Å². The van der Waals surface area contributed by atoms with E-state index in [-0.39, 0.29) is 6.10 Å². The molecule has 0 aliphatic carbocycles. The third-order valence-corrected chi connectivity index (χ3v) is 4.59. The molecule has 2 nitrogen and oxygen atoms in total. The molecule has 0 aromatic heterocycles. The molecule has 1 aliphatic heterocycles. The molecule has 1 N–H and O–H groups in total. The number of rotatable bonds is 1. The van der Waals surface area contributed by atoms with E-state index in [2.05, 4.69) is 48.8 Å². The lowest BCUT2D eigenvalue weighted by Gasteiger charge is -2.32. The molecule has 0 bridgehead atoms. The number of fused-ring (bicyclic) bond motifs is 1. The second-order valence-corrected chi connectivity index (χ2v) is 6.77. The minimum atomic E-state index is -0.480. The van der Waals surface area contributed by atoms with Crippen molar-refractivity contribution in [3.8, 4) is 5.75 Å². The molecule has 2 aromatic carbocycles. The van der Waals surface area contributed by atoms with Gasteiger partial charge in [0.15, 0.2) is 0 Å². The highest BCUT2D eigenvalue weighted by Gasteiger charge is 2.29. The Labute approximate surface area is 133 Å². The molecule has 3 heteroatoms. The Hall–Kier alpha value is -1.32. The van der Waals surface area contributed by atoms with Gasteiger partial charge in [-0.25, -0.2) is 0 Å². The van der Waals surface area contributed by atoms with Gasteiger partial charge in [0.1, 0.15) is 11.9 Å². The van der Waals surface area contributed by atoms with Crippen LogP contribution in [-0.2, 0) is 0 Å². The lowest BCUT2D eigenvalue weighted by atomic mass is 9.89. The van der Waals surface area contributed by atoms with E-state index in [1.807, 2.05) is 18.2 Å². The summed E-state index contributed by atoms with van der Waals surface area (Å²) in [5, 5.41) is 10.4. The normalized spacial score (nSPS) is 20.8. The van der Waals surface area contributed by atoms with Crippen molar-refractivity contribution in [2.45, 2.75) is 39.4 Å². The van der Waals surface area contributed by atoms with E-state index in [1.54, 1.807) is 0 Å². The SMILES string of the molecule is Cc1cc(C)c(C2C[C@@H](O)c3ccc(Br)cc3O2)c(C)c1. The summed E-state index contributed by atoms with van der Waals surface area (Å²) in [6.07, 6.45) is 0.0219. The van der Waals surface area contributed by atoms with Gasteiger partial charge < -0.3 is 9.84 Å². The molecule has 2 atom stereocenters. The van der Waals surface area contributed by atoms with Crippen LogP contribution < -0.4 is 4.74 Å². The lowest BCUT2D eigenvalue weighted by molar-refractivity contribution is 0.0651. The van der Waals surface area contributed by atoms with Gasteiger partial charge in [0, 0.05) is 16.5 Å². The highest BCUT2D eigenvalue weighted by Crippen LogP contribution is 2.43. The van der Waals surface area contributed by atoms with Crippen LogP contribution in [0, 0.1) is 20.8 Å². The maximum Gasteiger partial charge on any atom is 0.127 e. The van der Waals surface area contributed by atoms with Gasteiger partial charge in [-0.2, -0.15) is 0 Å². The first kappa shape index (κ1) is 14.6. The van der Waals surface area contributed by atoms with Gasteiger partial charge >= 0.3 is 0 Å². The number of aliphatic hydroxyl groups excluding tert-OH is 1. The fourth-order valence-corrected chi connectivity index (χ4v) is 3.63. The standard InChI is InChI=1S/C18H19BrO2/c1-10-6-11(2)18(12(3)7-10)17-9-15(20)14-5-4-13(19)8-16(14)21-17/h4-8,15,17,20H,9H2,1-3H3/t15-,17?/m1/s1. The molecule has 21 heavy (non-hydrogen) atoms. The first-order valence-corrected chi connectivity index (χ1v) is 7.97. The highest BCUT2D eigenvalue weighted by molar-refractivity contribution is 9.10. The second kappa shape index (κ2) is 5.47. The average Bonchev–Trinajstić information content (AvgIpc) is 2.36. The average molecular weight is 347 g/mol. The molecule has 0 spiro atoms. The Bertz CT molecular complexity index is 671. The Morgan fingerprint density at radius 2 is 1.76 bits per heavy atom. The number of benzene rings is 2. The fourth-order valence-electron chi connectivity index (χ4n) is 3.29. The van der Waals surface area contributed by atoms with Crippen molar-refractivity contribution >= 4 is 15.9 Å². The fraction of sp³-hybridized carbons (Fsp3) is 0.333. The van der Waals surface area contributed by atoms with Gasteiger partial charge in [0.25, 0.3) is 0 Å². The van der Waals surface area contributed by atoms with Crippen LogP contribution in [0.2, 0.25) is 0 Å². The van der Waals surface area contributed by atoms with Crippen LogP contribution in [0.5, 0.6) is 5.75 Å². The molecule has 0 saturated carbocycles. The van der Waals surface area contributed by atoms with E-state index < -0.39 is 6.10 Å². The van der Waals surface area contributed by atoms with Crippen LogP contribution in [0.25, 0.3) is 0 Å². The van der Waals surface area contributed by atoms with E-state index in [1.165, 1.54) is 22.3 Å². The minimum Gasteiger partial charge on any atom is -0.485 e. The molecule has 1 heterocycles. The van der Waals surface area contributed by atoms with E-state index in [9.17, 15) is 5.11 Å². The molecule has 0 amide bonds. The molecule has 3 rings (SSSR count). The van der Waals surface area contributed by atoms with Crippen molar-refractivity contribution in [1.29, 1.82) is 0 Å². The number of halogens is 1. The summed E-state index contributed by atoms with van der Waals surface area (Å²) in [7, 11) is 0. The zero-order valence-corrected chi connectivity index (χ0v) is 14.1.